The molecule has 9 nitrogen and oxygen atoms in total. The Morgan fingerprint density at radius 1 is 0.968 bits per heavy atom. The Balaban J connectivity index is 0.000000181. The maximum atomic E-state index is 8.69. The summed E-state index contributed by atoms with van der Waals surface area (Å²) in [6.45, 7) is 0.816. The van der Waals surface area contributed by atoms with E-state index in [2.05, 4.69) is 70.1 Å². The van der Waals surface area contributed by atoms with Gasteiger partial charge in [0.15, 0.2) is 5.69 Å². The largest absolute Gasteiger partial charge is 0.392 e. The molecule has 0 atom stereocenters. The van der Waals surface area contributed by atoms with Crippen LogP contribution in [0.4, 0.5) is 0 Å². The summed E-state index contributed by atoms with van der Waals surface area (Å²) in [7, 11) is 0. The van der Waals surface area contributed by atoms with Crippen LogP contribution in [0.5, 0.6) is 0 Å². The maximum absolute atomic E-state index is 8.69. The molecule has 0 spiro atoms. The molecule has 11 heteroatoms. The van der Waals surface area contributed by atoms with Crippen LogP contribution in [0, 0.1) is 29.8 Å². The predicted octanol–water partition coefficient (Wildman–Crippen LogP) is 3.26. The Morgan fingerprint density at radius 3 is 2.06 bits per heavy atom. The number of aromatic nitrogens is 6. The first-order valence-corrected chi connectivity index (χ1v) is 10.8. The highest BCUT2D eigenvalue weighted by Gasteiger charge is 2.01. The highest BCUT2D eigenvalue weighted by Crippen LogP contribution is 2.11. The second-order valence-electron chi connectivity index (χ2n) is 5.71. The number of hydrogen-bond acceptors (Lipinski definition) is 7. The van der Waals surface area contributed by atoms with Gasteiger partial charge < -0.3 is 14.7 Å². The Kier molecular flexibility index (Phi) is 10.6. The van der Waals surface area contributed by atoms with Gasteiger partial charge in [-0.15, -0.1) is 0 Å². The van der Waals surface area contributed by atoms with Gasteiger partial charge in [0.2, 0.25) is 0 Å². The normalized spacial score (nSPS) is 9.32. The van der Waals surface area contributed by atoms with Crippen molar-refractivity contribution in [1.82, 2.24) is 29.5 Å². The number of H-pyrrole nitrogens is 1. The van der Waals surface area contributed by atoms with Crippen molar-refractivity contribution in [1.29, 1.82) is 10.5 Å². The van der Waals surface area contributed by atoms with Gasteiger partial charge in [-0.25, -0.2) is 9.97 Å². The summed E-state index contributed by atoms with van der Waals surface area (Å²) in [5.74, 6) is 0. The topological polar surface area (TPSA) is 140 Å². The van der Waals surface area contributed by atoms with E-state index in [1.807, 2.05) is 35.0 Å². The summed E-state index contributed by atoms with van der Waals surface area (Å²) in [6, 6.07) is 7.66. The van der Waals surface area contributed by atoms with Crippen LogP contribution in [-0.4, -0.2) is 34.6 Å². The van der Waals surface area contributed by atoms with Gasteiger partial charge in [0.05, 0.1) is 25.5 Å². The number of pyridine rings is 2. The van der Waals surface area contributed by atoms with Crippen molar-refractivity contribution >= 4 is 45.2 Å². The lowest BCUT2D eigenvalue weighted by Gasteiger charge is -2.03. The molecule has 0 amide bonds. The molecular formula is C20H16I2N8O. The second-order valence-corrected chi connectivity index (χ2v) is 8.04. The average molecular weight is 638 g/mol. The molecule has 0 radical (unpaired) electrons. The molecule has 4 rings (SSSR count). The number of aliphatic hydroxyl groups excluding tert-OH is 1. The molecule has 4 aromatic rings. The Hall–Kier alpha value is -2.88. The quantitative estimate of drug-likeness (QED) is 0.329. The third-order valence-electron chi connectivity index (χ3n) is 3.60. The molecule has 0 saturated carbocycles. The van der Waals surface area contributed by atoms with Crippen LogP contribution in [0.15, 0.2) is 62.0 Å². The minimum Gasteiger partial charge on any atom is -0.392 e. The zero-order valence-electron chi connectivity index (χ0n) is 16.0. The van der Waals surface area contributed by atoms with Crippen LogP contribution >= 0.6 is 45.2 Å². The third-order valence-corrected chi connectivity index (χ3v) is 5.55. The molecule has 0 saturated heterocycles. The lowest BCUT2D eigenvalue weighted by Crippen LogP contribution is -1.98. The van der Waals surface area contributed by atoms with Gasteiger partial charge in [-0.05, 0) is 68.4 Å². The van der Waals surface area contributed by atoms with E-state index < -0.39 is 0 Å². The zero-order chi connectivity index (χ0) is 22.5. The van der Waals surface area contributed by atoms with Crippen LogP contribution in [0.2, 0.25) is 0 Å². The van der Waals surface area contributed by atoms with E-state index in [1.54, 1.807) is 31.1 Å². The zero-order valence-corrected chi connectivity index (χ0v) is 20.3. The van der Waals surface area contributed by atoms with Crippen molar-refractivity contribution in [2.45, 2.75) is 13.2 Å². The van der Waals surface area contributed by atoms with Crippen molar-refractivity contribution in [3.63, 3.8) is 0 Å². The van der Waals surface area contributed by atoms with Crippen LogP contribution < -0.4 is 0 Å². The van der Waals surface area contributed by atoms with Gasteiger partial charge in [-0.2, -0.15) is 10.5 Å². The molecule has 0 bridgehead atoms. The van der Waals surface area contributed by atoms with E-state index >= 15 is 0 Å². The van der Waals surface area contributed by atoms with E-state index in [9.17, 15) is 0 Å². The van der Waals surface area contributed by atoms with Gasteiger partial charge in [-0.1, -0.05) is 0 Å². The first-order chi connectivity index (χ1) is 15.1. The fraction of sp³-hybridized carbons (Fsp3) is 0.100. The number of halogens is 2. The highest BCUT2D eigenvalue weighted by molar-refractivity contribution is 14.1. The summed E-state index contributed by atoms with van der Waals surface area (Å²) in [5, 5.41) is 25.4. The monoisotopic (exact) mass is 638 g/mol. The minimum absolute atomic E-state index is 0.0980. The SMILES string of the molecule is N#Cc1cn(Cc2ccncc2I)cn1.N#Cc1cnc[nH]1.OCc1ccncc1I. The van der Waals surface area contributed by atoms with Crippen LogP contribution in [0.25, 0.3) is 0 Å². The fourth-order valence-corrected chi connectivity index (χ4v) is 3.10. The number of hydrogen-bond donors (Lipinski definition) is 2. The Labute approximate surface area is 206 Å². The number of nitrogens with zero attached hydrogens (tertiary/aromatic N) is 7. The molecule has 2 N–H and O–H groups in total. The fourth-order valence-electron chi connectivity index (χ4n) is 2.08. The highest BCUT2D eigenvalue weighted by atomic mass is 127. The second kappa shape index (κ2) is 13.4. The van der Waals surface area contributed by atoms with Crippen molar-refractivity contribution in [2.24, 2.45) is 0 Å². The van der Waals surface area contributed by atoms with Gasteiger partial charge in [0.25, 0.3) is 0 Å². The first-order valence-electron chi connectivity index (χ1n) is 8.65. The van der Waals surface area contributed by atoms with Crippen LogP contribution in [0.3, 0.4) is 0 Å². The summed E-state index contributed by atoms with van der Waals surface area (Å²) in [6.07, 6.45) is 13.3. The molecular weight excluding hydrogens is 622 g/mol. The lowest BCUT2D eigenvalue weighted by atomic mass is 10.3. The first kappa shape index (κ1) is 24.4. The summed E-state index contributed by atoms with van der Waals surface area (Å²) in [5.41, 5.74) is 3.05. The van der Waals surface area contributed by atoms with E-state index in [0.29, 0.717) is 11.4 Å². The van der Waals surface area contributed by atoms with Crippen molar-refractivity contribution in [2.75, 3.05) is 0 Å². The number of nitriles is 2. The number of aliphatic hydroxyl groups is 1. The standard InChI is InChI=1S/C10H7IN4.C6H6INO.C4H3N3/c11-10-4-13-2-1-8(10)5-15-6-9(3-12)14-7-15;7-6-3-8-2-1-5(6)4-9;5-1-4-2-6-3-7-4/h1-2,4,6-7H,5H2;1-3,9H,4H2;2-3H,(H,6,7). The Morgan fingerprint density at radius 2 is 1.65 bits per heavy atom. The number of nitrogens with one attached hydrogen (secondary N) is 1. The molecule has 31 heavy (non-hydrogen) atoms. The van der Waals surface area contributed by atoms with E-state index in [-0.39, 0.29) is 6.61 Å². The lowest BCUT2D eigenvalue weighted by molar-refractivity contribution is 0.281. The van der Waals surface area contributed by atoms with E-state index in [1.165, 1.54) is 18.1 Å². The average Bonchev–Trinajstić information content (AvgIpc) is 3.48. The molecule has 0 aliphatic heterocycles. The van der Waals surface area contributed by atoms with E-state index in [0.717, 1.165) is 19.2 Å². The van der Waals surface area contributed by atoms with Crippen molar-refractivity contribution in [3.05, 3.63) is 91.6 Å². The molecule has 0 fully saturated rings. The van der Waals surface area contributed by atoms with Crippen LogP contribution in [-0.2, 0) is 13.2 Å². The number of rotatable bonds is 3. The third kappa shape index (κ3) is 8.41. The molecule has 4 heterocycles. The maximum Gasteiger partial charge on any atom is 0.158 e. The van der Waals surface area contributed by atoms with Crippen LogP contribution in [0.1, 0.15) is 22.5 Å². The van der Waals surface area contributed by atoms with E-state index in [4.69, 9.17) is 15.6 Å². The van der Waals surface area contributed by atoms with Crippen molar-refractivity contribution in [3.8, 4) is 12.1 Å². The van der Waals surface area contributed by atoms with Gasteiger partial charge in [0, 0.05) is 44.7 Å². The van der Waals surface area contributed by atoms with Gasteiger partial charge >= 0.3 is 0 Å². The van der Waals surface area contributed by atoms with Crippen molar-refractivity contribution < 1.29 is 5.11 Å². The smallest absolute Gasteiger partial charge is 0.158 e. The molecule has 0 aliphatic carbocycles. The predicted molar refractivity (Wildman–Crippen MR) is 129 cm³/mol. The summed E-state index contributed by atoms with van der Waals surface area (Å²) >= 11 is 4.38. The Bertz CT molecular complexity index is 1160. The van der Waals surface area contributed by atoms with Gasteiger partial charge in [0.1, 0.15) is 17.8 Å². The summed E-state index contributed by atoms with van der Waals surface area (Å²) < 4.78 is 4.01. The van der Waals surface area contributed by atoms with Gasteiger partial charge in [-0.3, -0.25) is 9.97 Å². The molecule has 0 aliphatic rings. The summed E-state index contributed by atoms with van der Waals surface area (Å²) in [4.78, 5) is 18.1. The molecule has 0 unspecified atom stereocenters. The molecule has 4 aromatic heterocycles. The molecule has 156 valence electrons. The minimum atomic E-state index is 0.0980. The number of imidazole rings is 2. The number of aromatic amines is 1. The molecule has 0 aromatic carbocycles.